The number of hydrogen-bond acceptors (Lipinski definition) is 3. The van der Waals surface area contributed by atoms with Crippen LogP contribution in [-0.4, -0.2) is 17.3 Å². The zero-order valence-electron chi connectivity index (χ0n) is 12.4. The van der Waals surface area contributed by atoms with Gasteiger partial charge in [0.25, 0.3) is 0 Å². The van der Waals surface area contributed by atoms with E-state index in [4.69, 9.17) is 0 Å². The molecule has 0 radical (unpaired) electrons. The third-order valence-electron chi connectivity index (χ3n) is 4.51. The second-order valence-electron chi connectivity index (χ2n) is 6.75. The van der Waals surface area contributed by atoms with Crippen molar-refractivity contribution in [2.45, 2.75) is 64.5 Å². The van der Waals surface area contributed by atoms with Gasteiger partial charge >= 0.3 is 0 Å². The van der Waals surface area contributed by atoms with Gasteiger partial charge in [-0.15, -0.1) is 11.3 Å². The molecule has 108 valence electrons. The molecule has 0 amide bonds. The first-order chi connectivity index (χ1) is 8.94. The van der Waals surface area contributed by atoms with Crippen molar-refractivity contribution in [2.24, 2.45) is 5.41 Å². The van der Waals surface area contributed by atoms with E-state index in [0.717, 1.165) is 38.6 Å². The summed E-state index contributed by atoms with van der Waals surface area (Å²) in [5.41, 5.74) is -0.0929. The minimum absolute atomic E-state index is 0.388. The summed E-state index contributed by atoms with van der Waals surface area (Å²) in [4.78, 5) is 1.38. The van der Waals surface area contributed by atoms with Gasteiger partial charge in [0.05, 0.1) is 5.60 Å². The van der Waals surface area contributed by atoms with Gasteiger partial charge in [-0.25, -0.2) is 0 Å². The van der Waals surface area contributed by atoms with Crippen molar-refractivity contribution in [1.29, 1.82) is 0 Å². The molecule has 19 heavy (non-hydrogen) atoms. The Kier molecular flexibility index (Phi) is 4.70. The van der Waals surface area contributed by atoms with E-state index in [-0.39, 0.29) is 0 Å². The maximum Gasteiger partial charge on any atom is 0.0772 e. The van der Waals surface area contributed by atoms with Crippen LogP contribution in [0.3, 0.4) is 0 Å². The molecule has 1 saturated carbocycles. The fraction of sp³-hybridized carbons (Fsp3) is 0.750. The number of thiophene rings is 1. The molecule has 1 aromatic rings. The van der Waals surface area contributed by atoms with Crippen LogP contribution in [0.5, 0.6) is 0 Å². The van der Waals surface area contributed by atoms with Gasteiger partial charge < -0.3 is 10.4 Å². The Morgan fingerprint density at radius 3 is 2.53 bits per heavy atom. The van der Waals surface area contributed by atoms with Crippen LogP contribution in [0.2, 0.25) is 0 Å². The monoisotopic (exact) mass is 281 g/mol. The average molecular weight is 281 g/mol. The Labute approximate surface area is 121 Å². The molecule has 0 spiro atoms. The van der Waals surface area contributed by atoms with Crippen LogP contribution in [0.15, 0.2) is 17.5 Å². The van der Waals surface area contributed by atoms with Crippen molar-refractivity contribution in [1.82, 2.24) is 5.32 Å². The summed E-state index contributed by atoms with van der Waals surface area (Å²) in [6.45, 7) is 7.53. The third-order valence-corrected chi connectivity index (χ3v) is 5.49. The summed E-state index contributed by atoms with van der Waals surface area (Å²) in [6.07, 6.45) is 5.17. The van der Waals surface area contributed by atoms with Crippen molar-refractivity contribution in [2.75, 3.05) is 6.54 Å². The van der Waals surface area contributed by atoms with Crippen LogP contribution in [0, 0.1) is 5.41 Å². The van der Waals surface area contributed by atoms with E-state index >= 15 is 0 Å². The fourth-order valence-corrected chi connectivity index (χ4v) is 3.70. The van der Waals surface area contributed by atoms with Gasteiger partial charge in [-0.05, 0) is 49.0 Å². The molecule has 2 N–H and O–H groups in total. The molecular formula is C16H27NOS. The first-order valence-electron chi connectivity index (χ1n) is 7.43. The van der Waals surface area contributed by atoms with E-state index in [9.17, 15) is 5.11 Å². The number of hydrogen-bond donors (Lipinski definition) is 2. The Morgan fingerprint density at radius 1 is 1.32 bits per heavy atom. The van der Waals surface area contributed by atoms with Crippen LogP contribution < -0.4 is 5.32 Å². The number of nitrogens with one attached hydrogen (secondary N) is 1. The second-order valence-corrected chi connectivity index (χ2v) is 7.72. The van der Waals surface area contributed by atoms with Crippen LogP contribution >= 0.6 is 11.3 Å². The maximum atomic E-state index is 10.7. The molecule has 0 aliphatic heterocycles. The van der Waals surface area contributed by atoms with E-state index in [1.54, 1.807) is 11.3 Å². The topological polar surface area (TPSA) is 32.3 Å². The van der Waals surface area contributed by atoms with Crippen LogP contribution in [0.4, 0.5) is 0 Å². The lowest BCUT2D eigenvalue weighted by atomic mass is 9.71. The average Bonchev–Trinajstić information content (AvgIpc) is 2.89. The van der Waals surface area contributed by atoms with Gasteiger partial charge in [-0.2, -0.15) is 0 Å². The summed E-state index contributed by atoms with van der Waals surface area (Å²) >= 11 is 1.80. The van der Waals surface area contributed by atoms with Gasteiger partial charge in [-0.1, -0.05) is 26.8 Å². The molecule has 1 atom stereocenters. The van der Waals surface area contributed by atoms with Gasteiger partial charge in [0, 0.05) is 17.5 Å². The maximum absolute atomic E-state index is 10.7. The molecule has 2 rings (SSSR count). The largest absolute Gasteiger partial charge is 0.389 e. The number of rotatable bonds is 5. The smallest absolute Gasteiger partial charge is 0.0772 e. The summed E-state index contributed by atoms with van der Waals surface area (Å²) < 4.78 is 0. The molecule has 1 aliphatic carbocycles. The van der Waals surface area contributed by atoms with Gasteiger partial charge in [-0.3, -0.25) is 0 Å². The van der Waals surface area contributed by atoms with Crippen LogP contribution in [0.1, 0.15) is 63.8 Å². The molecule has 0 aromatic carbocycles. The highest BCUT2D eigenvalue weighted by atomic mass is 32.1. The van der Waals surface area contributed by atoms with Crippen molar-refractivity contribution < 1.29 is 5.11 Å². The van der Waals surface area contributed by atoms with Crippen LogP contribution in [-0.2, 0) is 0 Å². The molecule has 1 aliphatic rings. The predicted molar refractivity (Wildman–Crippen MR) is 82.6 cm³/mol. The van der Waals surface area contributed by atoms with E-state index < -0.39 is 5.60 Å². The minimum atomic E-state index is -0.500. The lowest BCUT2D eigenvalue weighted by molar-refractivity contribution is -0.0261. The highest BCUT2D eigenvalue weighted by Crippen LogP contribution is 2.40. The Hall–Kier alpha value is -0.380. The third kappa shape index (κ3) is 4.04. The standard InChI is InChI=1S/C16H27NOS/c1-4-13(14-6-5-11-19-14)17-12-16(18)9-7-15(2,3)8-10-16/h5-6,11,13,17-18H,4,7-10,12H2,1-3H3. The first kappa shape index (κ1) is 15.0. The summed E-state index contributed by atoms with van der Waals surface area (Å²) in [5.74, 6) is 0. The molecule has 1 aromatic heterocycles. The molecule has 2 nitrogen and oxygen atoms in total. The molecular weight excluding hydrogens is 254 g/mol. The van der Waals surface area contributed by atoms with E-state index in [2.05, 4.69) is 43.6 Å². The highest BCUT2D eigenvalue weighted by molar-refractivity contribution is 7.10. The summed E-state index contributed by atoms with van der Waals surface area (Å²) in [5, 5.41) is 16.4. The lowest BCUT2D eigenvalue weighted by Crippen LogP contribution is -2.45. The molecule has 1 unspecified atom stereocenters. The molecule has 1 fully saturated rings. The molecule has 0 saturated heterocycles. The fourth-order valence-electron chi connectivity index (χ4n) is 2.82. The molecule has 1 heterocycles. The van der Waals surface area contributed by atoms with E-state index in [1.165, 1.54) is 4.88 Å². The van der Waals surface area contributed by atoms with Crippen molar-refractivity contribution >= 4 is 11.3 Å². The van der Waals surface area contributed by atoms with E-state index in [1.807, 2.05) is 0 Å². The molecule has 3 heteroatoms. The van der Waals surface area contributed by atoms with Crippen LogP contribution in [0.25, 0.3) is 0 Å². The minimum Gasteiger partial charge on any atom is -0.389 e. The van der Waals surface area contributed by atoms with Crippen molar-refractivity contribution in [3.05, 3.63) is 22.4 Å². The summed E-state index contributed by atoms with van der Waals surface area (Å²) in [6, 6.07) is 4.67. The lowest BCUT2D eigenvalue weighted by Gasteiger charge is -2.41. The Morgan fingerprint density at radius 2 is 2.00 bits per heavy atom. The zero-order chi connectivity index (χ0) is 13.9. The number of aliphatic hydroxyl groups is 1. The van der Waals surface area contributed by atoms with Crippen molar-refractivity contribution in [3.8, 4) is 0 Å². The quantitative estimate of drug-likeness (QED) is 0.851. The normalized spacial score (nSPS) is 23.2. The highest BCUT2D eigenvalue weighted by Gasteiger charge is 2.36. The Balaban J connectivity index is 1.87. The predicted octanol–water partition coefficient (Wildman–Crippen LogP) is 4.12. The van der Waals surface area contributed by atoms with E-state index in [0.29, 0.717) is 11.5 Å². The Bertz CT molecular complexity index is 375. The second kappa shape index (κ2) is 5.94. The van der Waals surface area contributed by atoms with Crippen molar-refractivity contribution in [3.63, 3.8) is 0 Å². The SMILES string of the molecule is CCC(NCC1(O)CCC(C)(C)CC1)c1cccs1. The van der Waals surface area contributed by atoms with Gasteiger partial charge in [0.15, 0.2) is 0 Å². The van der Waals surface area contributed by atoms with Gasteiger partial charge in [0.2, 0.25) is 0 Å². The first-order valence-corrected chi connectivity index (χ1v) is 8.31. The zero-order valence-corrected chi connectivity index (χ0v) is 13.2. The van der Waals surface area contributed by atoms with Gasteiger partial charge in [0.1, 0.15) is 0 Å². The summed E-state index contributed by atoms with van der Waals surface area (Å²) in [7, 11) is 0. The molecule has 0 bridgehead atoms.